The number of nitrogens with zero attached hydrogens (tertiary/aromatic N) is 4. The first-order chi connectivity index (χ1) is 14.0. The minimum atomic E-state index is -0.513. The van der Waals surface area contributed by atoms with Crippen LogP contribution in [0.25, 0.3) is 16.7 Å². The van der Waals surface area contributed by atoms with Gasteiger partial charge >= 0.3 is 0 Å². The number of benzene rings is 2. The van der Waals surface area contributed by atoms with E-state index in [0.717, 1.165) is 10.2 Å². The van der Waals surface area contributed by atoms with Crippen LogP contribution >= 0.6 is 0 Å². The number of ether oxygens (including phenoxy) is 1. The Morgan fingerprint density at radius 3 is 2.76 bits per heavy atom. The van der Waals surface area contributed by atoms with Crippen LogP contribution in [-0.2, 0) is 4.79 Å². The Hall–Kier alpha value is -4.01. The molecule has 0 fully saturated rings. The Labute approximate surface area is 164 Å². The quantitative estimate of drug-likeness (QED) is 0.561. The normalized spacial score (nSPS) is 10.8. The summed E-state index contributed by atoms with van der Waals surface area (Å²) in [5, 5.41) is 4.35. The molecule has 1 N–H and O–H groups in total. The standard InChI is InChI=1S/C20H16FN5O3/c1-13-3-2-4-16(9-13)29-11-18(27)24-25-12-22-19-17(20(25)28)10-23-26(19)15-7-5-14(21)6-8-15/h2-10,12H,11H2,1H3,(H,24,27). The van der Waals surface area contributed by atoms with E-state index in [1.165, 1.54) is 41.5 Å². The van der Waals surface area contributed by atoms with Crippen LogP contribution in [0.2, 0.25) is 0 Å². The SMILES string of the molecule is Cc1cccc(OCC(=O)Nn2cnc3c(cnn3-c3ccc(F)cc3)c2=O)c1. The number of hydrogen-bond acceptors (Lipinski definition) is 5. The minimum Gasteiger partial charge on any atom is -0.484 e. The fourth-order valence-electron chi connectivity index (χ4n) is 2.78. The maximum atomic E-state index is 13.1. The summed E-state index contributed by atoms with van der Waals surface area (Å²) in [6.45, 7) is 1.66. The number of amides is 1. The van der Waals surface area contributed by atoms with Gasteiger partial charge in [0.2, 0.25) is 0 Å². The molecule has 0 aliphatic carbocycles. The van der Waals surface area contributed by atoms with Gasteiger partial charge in [-0.25, -0.2) is 18.7 Å². The Morgan fingerprint density at radius 1 is 1.21 bits per heavy atom. The van der Waals surface area contributed by atoms with Crippen molar-refractivity contribution in [1.82, 2.24) is 19.4 Å². The van der Waals surface area contributed by atoms with Gasteiger partial charge in [0, 0.05) is 0 Å². The van der Waals surface area contributed by atoms with Gasteiger partial charge in [0.1, 0.15) is 23.3 Å². The average molecular weight is 393 g/mol. The first-order valence-electron chi connectivity index (χ1n) is 8.72. The second-order valence-electron chi connectivity index (χ2n) is 6.33. The van der Waals surface area contributed by atoms with Gasteiger partial charge in [0.15, 0.2) is 12.3 Å². The molecule has 1 amide bonds. The molecule has 4 aromatic rings. The fraction of sp³-hybridized carbons (Fsp3) is 0.100. The zero-order chi connectivity index (χ0) is 20.4. The molecule has 0 radical (unpaired) electrons. The second-order valence-corrected chi connectivity index (χ2v) is 6.33. The number of aryl methyl sites for hydroxylation is 1. The molecular weight excluding hydrogens is 377 g/mol. The lowest BCUT2D eigenvalue weighted by molar-refractivity contribution is -0.119. The number of aromatic nitrogens is 4. The Morgan fingerprint density at radius 2 is 2.00 bits per heavy atom. The van der Waals surface area contributed by atoms with E-state index in [1.54, 1.807) is 12.1 Å². The monoisotopic (exact) mass is 393 g/mol. The highest BCUT2D eigenvalue weighted by molar-refractivity contribution is 5.85. The number of fused-ring (bicyclic) bond motifs is 1. The largest absolute Gasteiger partial charge is 0.484 e. The third-order valence-corrected chi connectivity index (χ3v) is 4.16. The maximum absolute atomic E-state index is 13.1. The molecule has 2 aromatic heterocycles. The van der Waals surface area contributed by atoms with Gasteiger partial charge in [-0.05, 0) is 48.9 Å². The second kappa shape index (κ2) is 7.55. The van der Waals surface area contributed by atoms with Crippen LogP contribution in [0.15, 0.2) is 65.8 Å². The predicted molar refractivity (Wildman–Crippen MR) is 104 cm³/mol. The number of hydrogen-bond donors (Lipinski definition) is 1. The van der Waals surface area contributed by atoms with Gasteiger partial charge in [-0.15, -0.1) is 0 Å². The van der Waals surface area contributed by atoms with Crippen molar-refractivity contribution in [2.45, 2.75) is 6.92 Å². The smallest absolute Gasteiger partial charge is 0.283 e. The van der Waals surface area contributed by atoms with Crippen LogP contribution in [0.4, 0.5) is 4.39 Å². The van der Waals surface area contributed by atoms with Crippen molar-refractivity contribution < 1.29 is 13.9 Å². The molecule has 0 spiro atoms. The highest BCUT2D eigenvalue weighted by Gasteiger charge is 2.13. The lowest BCUT2D eigenvalue weighted by atomic mass is 10.2. The van der Waals surface area contributed by atoms with Crippen molar-refractivity contribution in [1.29, 1.82) is 0 Å². The first kappa shape index (κ1) is 18.4. The lowest BCUT2D eigenvalue weighted by Crippen LogP contribution is -2.35. The number of rotatable bonds is 5. The number of carbonyl (C=O) groups is 1. The van der Waals surface area contributed by atoms with Crippen molar-refractivity contribution in [2.75, 3.05) is 12.0 Å². The van der Waals surface area contributed by atoms with Crippen molar-refractivity contribution in [3.8, 4) is 11.4 Å². The predicted octanol–water partition coefficient (Wildman–Crippen LogP) is 2.18. The molecule has 8 nitrogen and oxygen atoms in total. The topological polar surface area (TPSA) is 91.0 Å². The van der Waals surface area contributed by atoms with Crippen molar-refractivity contribution >= 4 is 16.9 Å². The average Bonchev–Trinajstić information content (AvgIpc) is 3.14. The zero-order valence-corrected chi connectivity index (χ0v) is 15.4. The molecular formula is C20H16FN5O3. The summed E-state index contributed by atoms with van der Waals surface area (Å²) >= 11 is 0. The van der Waals surface area contributed by atoms with E-state index in [0.29, 0.717) is 17.1 Å². The molecule has 0 unspecified atom stereocenters. The van der Waals surface area contributed by atoms with Crippen molar-refractivity contribution in [3.63, 3.8) is 0 Å². The summed E-state index contributed by atoms with van der Waals surface area (Å²) < 4.78 is 20.9. The molecule has 0 saturated carbocycles. The summed E-state index contributed by atoms with van der Waals surface area (Å²) in [6.07, 6.45) is 2.54. The Balaban J connectivity index is 1.53. The van der Waals surface area contributed by atoms with Crippen LogP contribution in [-0.4, -0.2) is 32.0 Å². The van der Waals surface area contributed by atoms with E-state index in [4.69, 9.17) is 4.74 Å². The summed E-state index contributed by atoms with van der Waals surface area (Å²) in [6, 6.07) is 12.9. The lowest BCUT2D eigenvalue weighted by Gasteiger charge is -2.09. The van der Waals surface area contributed by atoms with Gasteiger partial charge in [-0.3, -0.25) is 15.0 Å². The molecule has 0 saturated heterocycles. The summed E-state index contributed by atoms with van der Waals surface area (Å²) in [4.78, 5) is 29.0. The zero-order valence-electron chi connectivity index (χ0n) is 15.4. The molecule has 146 valence electrons. The van der Waals surface area contributed by atoms with E-state index in [-0.39, 0.29) is 17.8 Å². The fourth-order valence-corrected chi connectivity index (χ4v) is 2.78. The van der Waals surface area contributed by atoms with Crippen LogP contribution < -0.4 is 15.7 Å². The number of halogens is 1. The molecule has 29 heavy (non-hydrogen) atoms. The Bertz CT molecular complexity index is 1250. The number of nitrogens with one attached hydrogen (secondary N) is 1. The minimum absolute atomic E-state index is 0.205. The van der Waals surface area contributed by atoms with Crippen LogP contribution in [0.5, 0.6) is 5.75 Å². The molecule has 2 aromatic carbocycles. The van der Waals surface area contributed by atoms with E-state index in [9.17, 15) is 14.0 Å². The van der Waals surface area contributed by atoms with Crippen LogP contribution in [0.1, 0.15) is 5.56 Å². The van der Waals surface area contributed by atoms with Gasteiger partial charge < -0.3 is 4.74 Å². The Kier molecular flexibility index (Phi) is 4.78. The van der Waals surface area contributed by atoms with Gasteiger partial charge in [0.05, 0.1) is 11.9 Å². The van der Waals surface area contributed by atoms with Gasteiger partial charge in [0.25, 0.3) is 11.5 Å². The van der Waals surface area contributed by atoms with E-state index >= 15 is 0 Å². The third kappa shape index (κ3) is 3.84. The maximum Gasteiger partial charge on any atom is 0.283 e. The van der Waals surface area contributed by atoms with Crippen LogP contribution in [0, 0.1) is 12.7 Å². The molecule has 0 aliphatic rings. The summed E-state index contributed by atoms with van der Waals surface area (Å²) in [5.41, 5.74) is 3.80. The molecule has 0 atom stereocenters. The summed E-state index contributed by atoms with van der Waals surface area (Å²) in [7, 11) is 0. The summed E-state index contributed by atoms with van der Waals surface area (Å²) in [5.74, 6) is -0.335. The number of carbonyl (C=O) groups excluding carboxylic acids is 1. The molecule has 2 heterocycles. The molecule has 0 bridgehead atoms. The van der Waals surface area contributed by atoms with E-state index in [2.05, 4.69) is 15.5 Å². The van der Waals surface area contributed by atoms with Crippen molar-refractivity contribution in [2.24, 2.45) is 0 Å². The highest BCUT2D eigenvalue weighted by atomic mass is 19.1. The van der Waals surface area contributed by atoms with Gasteiger partial charge in [-0.1, -0.05) is 12.1 Å². The van der Waals surface area contributed by atoms with Gasteiger partial charge in [-0.2, -0.15) is 5.10 Å². The molecule has 4 rings (SSSR count). The molecule has 9 heteroatoms. The third-order valence-electron chi connectivity index (χ3n) is 4.16. The first-order valence-corrected chi connectivity index (χ1v) is 8.72. The van der Waals surface area contributed by atoms with Crippen LogP contribution in [0.3, 0.4) is 0 Å². The van der Waals surface area contributed by atoms with E-state index in [1.807, 2.05) is 19.1 Å². The highest BCUT2D eigenvalue weighted by Crippen LogP contribution is 2.14. The molecule has 0 aliphatic heterocycles. The van der Waals surface area contributed by atoms with E-state index < -0.39 is 11.5 Å². The van der Waals surface area contributed by atoms with Crippen molar-refractivity contribution in [3.05, 3.63) is 82.8 Å².